The predicted molar refractivity (Wildman–Crippen MR) is 131 cm³/mol. The molecule has 4 aromatic rings. The van der Waals surface area contributed by atoms with Crippen molar-refractivity contribution in [3.05, 3.63) is 64.8 Å². The Labute approximate surface area is 208 Å². The van der Waals surface area contributed by atoms with E-state index in [1.54, 1.807) is 18.2 Å². The van der Waals surface area contributed by atoms with E-state index >= 15 is 0 Å². The number of carbonyl (C=O) groups is 2. The third-order valence-corrected chi connectivity index (χ3v) is 5.30. The van der Waals surface area contributed by atoms with Crippen molar-refractivity contribution in [2.75, 3.05) is 36.3 Å². The van der Waals surface area contributed by atoms with Gasteiger partial charge in [0, 0.05) is 31.9 Å². The second-order valence-electron chi connectivity index (χ2n) is 7.13. The maximum absolute atomic E-state index is 12.9. The average molecular weight is 512 g/mol. The molecule has 14 heteroatoms. The van der Waals surface area contributed by atoms with Gasteiger partial charge in [0.05, 0.1) is 18.5 Å². The lowest BCUT2D eigenvalue weighted by Crippen LogP contribution is -2.18. The normalized spacial score (nSPS) is 10.6. The van der Waals surface area contributed by atoms with Gasteiger partial charge in [-0.2, -0.15) is 9.78 Å². The topological polar surface area (TPSA) is 162 Å². The number of benzene rings is 1. The molecule has 36 heavy (non-hydrogen) atoms. The van der Waals surface area contributed by atoms with Gasteiger partial charge < -0.3 is 24.5 Å². The maximum Gasteiger partial charge on any atom is 0.381 e. The molecule has 0 aliphatic carbocycles. The van der Waals surface area contributed by atoms with Gasteiger partial charge in [-0.05, 0) is 12.1 Å². The van der Waals surface area contributed by atoms with Gasteiger partial charge in [-0.3, -0.25) is 14.9 Å². The summed E-state index contributed by atoms with van der Waals surface area (Å²) in [5.41, 5.74) is 0.0776. The number of amides is 2. The molecular formula is C22H21N7O6S. The van der Waals surface area contributed by atoms with Crippen LogP contribution in [0, 0.1) is 0 Å². The van der Waals surface area contributed by atoms with Gasteiger partial charge in [-0.15, -0.1) is 10.2 Å². The van der Waals surface area contributed by atoms with Crippen LogP contribution in [0.4, 0.5) is 22.3 Å². The third kappa shape index (κ3) is 5.92. The number of aromatic nitrogens is 4. The molecule has 0 atom stereocenters. The summed E-state index contributed by atoms with van der Waals surface area (Å²) in [4.78, 5) is 36.9. The number of nitrogens with zero attached hydrogens (tertiary/aromatic N) is 4. The number of hydrogen-bond acceptors (Lipinski definition) is 11. The summed E-state index contributed by atoms with van der Waals surface area (Å²) in [5, 5.41) is 20.7. The minimum absolute atomic E-state index is 0.0881. The number of para-hydroxylation sites is 1. The second-order valence-corrected chi connectivity index (χ2v) is 8.08. The number of carbonyl (C=O) groups excluding carboxylic acids is 2. The molecule has 0 fully saturated rings. The number of nitrogens with one attached hydrogen (secondary N) is 3. The molecule has 13 nitrogen and oxygen atoms in total. The van der Waals surface area contributed by atoms with Crippen molar-refractivity contribution in [2.24, 2.45) is 0 Å². The van der Waals surface area contributed by atoms with Gasteiger partial charge in [0.25, 0.3) is 5.91 Å². The largest absolute Gasteiger partial charge is 0.483 e. The predicted octanol–water partition coefficient (Wildman–Crippen LogP) is 2.66. The number of ether oxygens (including phenoxy) is 2. The molecule has 0 radical (unpaired) electrons. The molecular weight excluding hydrogens is 490 g/mol. The Kier molecular flexibility index (Phi) is 7.67. The van der Waals surface area contributed by atoms with Crippen molar-refractivity contribution >= 4 is 45.5 Å². The number of anilines is 4. The van der Waals surface area contributed by atoms with Crippen LogP contribution in [0.5, 0.6) is 5.75 Å². The van der Waals surface area contributed by atoms with E-state index in [4.69, 9.17) is 13.9 Å². The van der Waals surface area contributed by atoms with Crippen molar-refractivity contribution in [3.8, 4) is 10.9 Å². The second kappa shape index (κ2) is 11.2. The quantitative estimate of drug-likeness (QED) is 0.270. The van der Waals surface area contributed by atoms with Crippen LogP contribution in [0.3, 0.4) is 0 Å². The van der Waals surface area contributed by atoms with Crippen LogP contribution in [0.15, 0.2) is 57.9 Å². The zero-order chi connectivity index (χ0) is 25.5. The fourth-order valence-corrected chi connectivity index (χ4v) is 3.68. The van der Waals surface area contributed by atoms with Crippen LogP contribution >= 0.6 is 11.3 Å². The van der Waals surface area contributed by atoms with E-state index in [9.17, 15) is 14.4 Å². The highest BCUT2D eigenvalue weighted by molar-refractivity contribution is 7.17. The van der Waals surface area contributed by atoms with Crippen LogP contribution in [0.1, 0.15) is 17.5 Å². The van der Waals surface area contributed by atoms with E-state index in [0.29, 0.717) is 16.6 Å². The fraction of sp³-hybridized carbons (Fsp3) is 0.182. The molecule has 3 aromatic heterocycles. The van der Waals surface area contributed by atoms with Crippen LogP contribution in [-0.4, -0.2) is 52.1 Å². The van der Waals surface area contributed by atoms with Gasteiger partial charge in [-0.25, -0.2) is 4.79 Å². The molecule has 2 amide bonds. The SMILES string of the molecule is COCCOc1c(Nc2ccccc2)cc(C(=O)Nc2nnc(-n3nccc3NC(C)=O)s2)oc1=O. The van der Waals surface area contributed by atoms with Gasteiger partial charge in [-0.1, -0.05) is 29.5 Å². The van der Waals surface area contributed by atoms with E-state index < -0.39 is 11.5 Å². The number of rotatable bonds is 10. The Balaban J connectivity index is 1.57. The Morgan fingerprint density at radius 2 is 1.92 bits per heavy atom. The molecule has 0 aliphatic heterocycles. The first kappa shape index (κ1) is 24.6. The zero-order valence-electron chi connectivity index (χ0n) is 19.2. The Hall–Kier alpha value is -4.56. The number of methoxy groups -OCH3 is 1. The van der Waals surface area contributed by atoms with Crippen molar-refractivity contribution in [2.45, 2.75) is 6.92 Å². The molecule has 0 saturated carbocycles. The molecule has 0 aliphatic rings. The van der Waals surface area contributed by atoms with Crippen LogP contribution < -0.4 is 26.3 Å². The summed E-state index contributed by atoms with van der Waals surface area (Å²) in [6, 6.07) is 12.0. The Morgan fingerprint density at radius 1 is 1.11 bits per heavy atom. The third-order valence-electron chi connectivity index (χ3n) is 4.48. The first-order valence-electron chi connectivity index (χ1n) is 10.5. The van der Waals surface area contributed by atoms with E-state index in [-0.39, 0.29) is 41.4 Å². The summed E-state index contributed by atoms with van der Waals surface area (Å²) < 4.78 is 17.1. The van der Waals surface area contributed by atoms with E-state index in [1.807, 2.05) is 18.2 Å². The summed E-state index contributed by atoms with van der Waals surface area (Å²) in [7, 11) is 1.51. The van der Waals surface area contributed by atoms with Crippen molar-refractivity contribution in [1.82, 2.24) is 20.0 Å². The van der Waals surface area contributed by atoms with E-state index in [0.717, 1.165) is 11.3 Å². The highest BCUT2D eigenvalue weighted by atomic mass is 32.1. The molecule has 3 heterocycles. The maximum atomic E-state index is 12.9. The lowest BCUT2D eigenvalue weighted by Gasteiger charge is -2.13. The van der Waals surface area contributed by atoms with E-state index in [1.165, 1.54) is 31.0 Å². The summed E-state index contributed by atoms with van der Waals surface area (Å²) in [6.45, 7) is 1.73. The minimum atomic E-state index is -0.841. The van der Waals surface area contributed by atoms with Gasteiger partial charge >= 0.3 is 5.63 Å². The zero-order valence-corrected chi connectivity index (χ0v) is 20.0. The molecule has 0 unspecified atom stereocenters. The molecule has 0 spiro atoms. The Bertz CT molecular complexity index is 1420. The van der Waals surface area contributed by atoms with Crippen LogP contribution in [0.2, 0.25) is 0 Å². The molecule has 4 rings (SSSR count). The van der Waals surface area contributed by atoms with Gasteiger partial charge in [0.1, 0.15) is 12.4 Å². The summed E-state index contributed by atoms with van der Waals surface area (Å²) in [5.74, 6) is -0.971. The minimum Gasteiger partial charge on any atom is -0.483 e. The summed E-state index contributed by atoms with van der Waals surface area (Å²) in [6.07, 6.45) is 1.48. The van der Waals surface area contributed by atoms with E-state index in [2.05, 4.69) is 31.2 Å². The molecule has 0 bridgehead atoms. The molecule has 0 saturated heterocycles. The standard InChI is InChI=1S/C22H21N7O6S/c1-13(30)24-17-8-9-23-29(17)22-28-27-21(36-22)26-19(31)16-12-15(25-14-6-4-3-5-7-14)18(20(32)35-16)34-11-10-33-2/h3-9,12,25H,10-11H2,1-2H3,(H,24,30)(H,26,27,31). The van der Waals surface area contributed by atoms with Crippen molar-refractivity contribution in [3.63, 3.8) is 0 Å². The first-order valence-corrected chi connectivity index (χ1v) is 11.3. The van der Waals surface area contributed by atoms with Gasteiger partial charge in [0.2, 0.25) is 21.9 Å². The first-order chi connectivity index (χ1) is 17.4. The monoisotopic (exact) mass is 511 g/mol. The highest BCUT2D eigenvalue weighted by Gasteiger charge is 2.20. The lowest BCUT2D eigenvalue weighted by molar-refractivity contribution is -0.114. The molecule has 186 valence electrons. The number of hydrogen-bond donors (Lipinski definition) is 3. The fourth-order valence-electron chi connectivity index (χ4n) is 2.97. The van der Waals surface area contributed by atoms with Crippen LogP contribution in [0.25, 0.3) is 5.13 Å². The average Bonchev–Trinajstić information content (AvgIpc) is 3.50. The van der Waals surface area contributed by atoms with Crippen molar-refractivity contribution in [1.29, 1.82) is 0 Å². The van der Waals surface area contributed by atoms with Gasteiger partial charge in [0.15, 0.2) is 5.76 Å². The van der Waals surface area contributed by atoms with Crippen molar-refractivity contribution < 1.29 is 23.5 Å². The van der Waals surface area contributed by atoms with Crippen LogP contribution in [-0.2, 0) is 9.53 Å². The highest BCUT2D eigenvalue weighted by Crippen LogP contribution is 2.27. The smallest absolute Gasteiger partial charge is 0.381 e. The Morgan fingerprint density at radius 3 is 2.67 bits per heavy atom. The molecule has 1 aromatic carbocycles. The summed E-state index contributed by atoms with van der Waals surface area (Å²) >= 11 is 1.00. The lowest BCUT2D eigenvalue weighted by atomic mass is 10.2. The molecule has 3 N–H and O–H groups in total.